The van der Waals surface area contributed by atoms with Crippen LogP contribution in [-0.2, 0) is 9.78 Å². The molecule has 0 unspecified atom stereocenters. The van der Waals surface area contributed by atoms with E-state index in [1.165, 1.54) is 0 Å². The van der Waals surface area contributed by atoms with Gasteiger partial charge in [0.05, 0.1) is 14.2 Å². The van der Waals surface area contributed by atoms with Crippen molar-refractivity contribution >= 4 is 0 Å². The molecule has 1 aliphatic rings. The Balaban J connectivity index is 1.70. The predicted octanol–water partition coefficient (Wildman–Crippen LogP) is 4.00. The van der Waals surface area contributed by atoms with Crippen LogP contribution >= 0.6 is 0 Å². The maximum absolute atomic E-state index is 5.50. The van der Waals surface area contributed by atoms with Crippen molar-refractivity contribution in [1.82, 2.24) is 0 Å². The van der Waals surface area contributed by atoms with E-state index < -0.39 is 0 Å². The van der Waals surface area contributed by atoms with E-state index in [2.05, 4.69) is 0 Å². The van der Waals surface area contributed by atoms with Gasteiger partial charge in [-0.05, 0) is 47.5 Å². The molecule has 1 heterocycles. The summed E-state index contributed by atoms with van der Waals surface area (Å²) in [5, 5.41) is 0. The number of benzene rings is 2. The molecule has 0 saturated carbocycles. The number of ether oxygens (including phenoxy) is 2. The van der Waals surface area contributed by atoms with Crippen LogP contribution in [0, 0.1) is 0 Å². The Bertz CT molecular complexity index is 574. The van der Waals surface area contributed by atoms with Gasteiger partial charge in [-0.15, -0.1) is 0 Å². The van der Waals surface area contributed by atoms with Crippen molar-refractivity contribution in [3.8, 4) is 11.5 Å². The molecule has 2 aromatic rings. The first-order valence-corrected chi connectivity index (χ1v) is 7.08. The minimum Gasteiger partial charge on any atom is -0.497 e. The summed E-state index contributed by atoms with van der Waals surface area (Å²) in [5.74, 6) is 1.64. The zero-order valence-electron chi connectivity index (χ0n) is 12.6. The van der Waals surface area contributed by atoms with Crippen LogP contribution in [0.1, 0.15) is 23.3 Å². The Morgan fingerprint density at radius 2 is 1.00 bits per heavy atom. The lowest BCUT2D eigenvalue weighted by Crippen LogP contribution is -2.12. The van der Waals surface area contributed by atoms with Crippen molar-refractivity contribution in [1.29, 1.82) is 0 Å². The van der Waals surface area contributed by atoms with Crippen molar-refractivity contribution in [2.75, 3.05) is 14.2 Å². The van der Waals surface area contributed by atoms with Gasteiger partial charge < -0.3 is 9.47 Å². The van der Waals surface area contributed by atoms with E-state index in [0.29, 0.717) is 0 Å². The van der Waals surface area contributed by atoms with Gasteiger partial charge in [-0.3, -0.25) is 0 Å². The van der Waals surface area contributed by atoms with Crippen LogP contribution in [0.2, 0.25) is 0 Å². The van der Waals surface area contributed by atoms with Crippen molar-refractivity contribution in [3.05, 3.63) is 71.8 Å². The molecule has 0 bridgehead atoms. The molecule has 2 atom stereocenters. The Morgan fingerprint density at radius 1 is 0.636 bits per heavy atom. The Hall–Kier alpha value is -2.30. The topological polar surface area (TPSA) is 36.9 Å². The Morgan fingerprint density at radius 3 is 1.27 bits per heavy atom. The van der Waals surface area contributed by atoms with Gasteiger partial charge >= 0.3 is 0 Å². The second kappa shape index (κ2) is 6.64. The normalized spacial score (nSPS) is 20.6. The Labute approximate surface area is 129 Å². The third kappa shape index (κ3) is 3.13. The molecule has 4 nitrogen and oxygen atoms in total. The highest BCUT2D eigenvalue weighted by Gasteiger charge is 2.20. The molecule has 22 heavy (non-hydrogen) atoms. The van der Waals surface area contributed by atoms with Gasteiger partial charge in [-0.1, -0.05) is 24.3 Å². The molecule has 2 aromatic carbocycles. The minimum atomic E-state index is -0.208. The van der Waals surface area contributed by atoms with Crippen LogP contribution in [0.25, 0.3) is 0 Å². The minimum absolute atomic E-state index is 0.208. The second-order valence-corrected chi connectivity index (χ2v) is 4.96. The van der Waals surface area contributed by atoms with E-state index >= 15 is 0 Å². The van der Waals surface area contributed by atoms with Crippen LogP contribution in [0.3, 0.4) is 0 Å². The van der Waals surface area contributed by atoms with Gasteiger partial charge in [0, 0.05) is 0 Å². The maximum Gasteiger partial charge on any atom is 0.136 e. The fourth-order valence-corrected chi connectivity index (χ4v) is 2.31. The van der Waals surface area contributed by atoms with Crippen LogP contribution in [0.4, 0.5) is 0 Å². The van der Waals surface area contributed by atoms with Crippen molar-refractivity contribution < 1.29 is 19.2 Å². The fourth-order valence-electron chi connectivity index (χ4n) is 2.31. The molecule has 3 rings (SSSR count). The smallest absolute Gasteiger partial charge is 0.136 e. The van der Waals surface area contributed by atoms with E-state index in [4.69, 9.17) is 19.2 Å². The first-order valence-electron chi connectivity index (χ1n) is 7.08. The molecule has 0 fully saturated rings. The lowest BCUT2D eigenvalue weighted by molar-refractivity contribution is -0.345. The van der Waals surface area contributed by atoms with Gasteiger partial charge in [0.2, 0.25) is 0 Å². The molecule has 4 heteroatoms. The van der Waals surface area contributed by atoms with Gasteiger partial charge in [-0.2, -0.15) is 0 Å². The van der Waals surface area contributed by atoms with Crippen LogP contribution < -0.4 is 9.47 Å². The Kier molecular flexibility index (Phi) is 4.42. The summed E-state index contributed by atoms with van der Waals surface area (Å²) in [5.41, 5.74) is 2.04. The number of rotatable bonds is 4. The summed E-state index contributed by atoms with van der Waals surface area (Å²) in [6.07, 6.45) is 3.58. The summed E-state index contributed by atoms with van der Waals surface area (Å²) in [7, 11) is 3.29. The average Bonchev–Trinajstić information content (AvgIpc) is 2.62. The van der Waals surface area contributed by atoms with E-state index in [1.54, 1.807) is 14.2 Å². The predicted molar refractivity (Wildman–Crippen MR) is 82.8 cm³/mol. The largest absolute Gasteiger partial charge is 0.497 e. The number of hydrogen-bond donors (Lipinski definition) is 0. The number of methoxy groups -OCH3 is 2. The molecule has 0 spiro atoms. The zero-order chi connectivity index (χ0) is 15.4. The van der Waals surface area contributed by atoms with Crippen molar-refractivity contribution in [2.24, 2.45) is 0 Å². The highest BCUT2D eigenvalue weighted by atomic mass is 17.2. The van der Waals surface area contributed by atoms with E-state index in [1.807, 2.05) is 60.7 Å². The molecule has 0 amide bonds. The molecule has 0 aromatic heterocycles. The van der Waals surface area contributed by atoms with Crippen LogP contribution in [0.5, 0.6) is 11.5 Å². The molecule has 0 aliphatic carbocycles. The molecule has 114 valence electrons. The van der Waals surface area contributed by atoms with Crippen LogP contribution in [-0.4, -0.2) is 14.2 Å². The standard InChI is InChI=1S/C18H18O4/c1-19-15-7-3-13(4-8-15)17-11-12-18(22-21-17)14-5-9-16(20-2)10-6-14/h3-12,17-18H,1-2H3/t17-,18+. The molecule has 0 N–H and O–H groups in total. The second-order valence-electron chi connectivity index (χ2n) is 4.96. The van der Waals surface area contributed by atoms with E-state index in [-0.39, 0.29) is 12.2 Å². The van der Waals surface area contributed by atoms with E-state index in [0.717, 1.165) is 22.6 Å². The first-order chi connectivity index (χ1) is 10.8. The molecule has 0 saturated heterocycles. The maximum atomic E-state index is 5.50. The van der Waals surface area contributed by atoms with Gasteiger partial charge in [-0.25, -0.2) is 9.78 Å². The third-order valence-electron chi connectivity index (χ3n) is 3.61. The zero-order valence-corrected chi connectivity index (χ0v) is 12.6. The monoisotopic (exact) mass is 298 g/mol. The van der Waals surface area contributed by atoms with Gasteiger partial charge in [0.1, 0.15) is 23.7 Å². The van der Waals surface area contributed by atoms with Gasteiger partial charge in [0.25, 0.3) is 0 Å². The summed E-state index contributed by atoms with van der Waals surface area (Å²) >= 11 is 0. The molecular formula is C18H18O4. The molecule has 1 aliphatic heterocycles. The van der Waals surface area contributed by atoms with Crippen molar-refractivity contribution in [3.63, 3.8) is 0 Å². The highest BCUT2D eigenvalue weighted by Crippen LogP contribution is 2.32. The van der Waals surface area contributed by atoms with E-state index in [9.17, 15) is 0 Å². The fraction of sp³-hybridized carbons (Fsp3) is 0.222. The summed E-state index contributed by atoms with van der Waals surface area (Å²) in [4.78, 5) is 11.0. The quantitative estimate of drug-likeness (QED) is 0.631. The van der Waals surface area contributed by atoms with Crippen molar-refractivity contribution in [2.45, 2.75) is 12.2 Å². The lowest BCUT2D eigenvalue weighted by Gasteiger charge is -2.23. The van der Waals surface area contributed by atoms with Crippen LogP contribution in [0.15, 0.2) is 60.7 Å². The summed E-state index contributed by atoms with van der Waals surface area (Å²) < 4.78 is 10.3. The summed E-state index contributed by atoms with van der Waals surface area (Å²) in [6.45, 7) is 0. The molecular weight excluding hydrogens is 280 g/mol. The number of hydrogen-bond acceptors (Lipinski definition) is 4. The summed E-state index contributed by atoms with van der Waals surface area (Å²) in [6, 6.07) is 15.5. The lowest BCUT2D eigenvalue weighted by atomic mass is 10.0. The highest BCUT2D eigenvalue weighted by molar-refractivity contribution is 5.33. The first kappa shape index (κ1) is 14.6. The SMILES string of the molecule is COc1ccc([C@@H]2C=C[C@H](c3ccc(OC)cc3)OO2)cc1. The van der Waals surface area contributed by atoms with Gasteiger partial charge in [0.15, 0.2) is 0 Å². The third-order valence-corrected chi connectivity index (χ3v) is 3.61. The molecule has 0 radical (unpaired) electrons. The average molecular weight is 298 g/mol.